The molecule has 4 nitrogen and oxygen atoms in total. The topological polar surface area (TPSA) is 45.2 Å². The van der Waals surface area contributed by atoms with Crippen molar-refractivity contribution >= 4 is 54.2 Å². The number of hydrogen-bond donors (Lipinski definition) is 1. The second kappa shape index (κ2) is 7.32. The third kappa shape index (κ3) is 3.59. The summed E-state index contributed by atoms with van der Waals surface area (Å²) in [5, 5.41) is 3.64. The molecule has 1 N–H and O–H groups in total. The van der Waals surface area contributed by atoms with Crippen LogP contribution in [-0.2, 0) is 0 Å². The molecule has 2 heterocycles. The van der Waals surface area contributed by atoms with Gasteiger partial charge in [0.2, 0.25) is 0 Å². The fourth-order valence-electron chi connectivity index (χ4n) is 3.06. The van der Waals surface area contributed by atoms with Crippen molar-refractivity contribution in [2.75, 3.05) is 23.3 Å². The number of fused-ring (bicyclic) bond motifs is 1. The fraction of sp³-hybridized carbons (Fsp3) is 0.263. The van der Waals surface area contributed by atoms with Gasteiger partial charge in [0.05, 0.1) is 15.9 Å². The molecule has 1 aliphatic heterocycles. The van der Waals surface area contributed by atoms with E-state index >= 15 is 0 Å². The van der Waals surface area contributed by atoms with Crippen LogP contribution in [0.1, 0.15) is 29.6 Å². The molecule has 2 aromatic carbocycles. The Morgan fingerprint density at radius 2 is 1.96 bits per heavy atom. The second-order valence-electron chi connectivity index (χ2n) is 6.30. The lowest BCUT2D eigenvalue weighted by Crippen LogP contribution is -2.29. The van der Waals surface area contributed by atoms with Crippen LogP contribution in [0.4, 0.5) is 15.2 Å². The van der Waals surface area contributed by atoms with Crippen LogP contribution < -0.4 is 10.2 Å². The first-order valence-electron chi connectivity index (χ1n) is 8.52. The van der Waals surface area contributed by atoms with Gasteiger partial charge in [-0.3, -0.25) is 4.79 Å². The van der Waals surface area contributed by atoms with Crippen molar-refractivity contribution in [3.8, 4) is 0 Å². The summed E-state index contributed by atoms with van der Waals surface area (Å²) in [6.45, 7) is 2.08. The predicted octanol–water partition coefficient (Wildman–Crippen LogP) is 5.44. The molecular weight excluding hydrogens is 417 g/mol. The van der Waals surface area contributed by atoms with Crippen molar-refractivity contribution in [3.63, 3.8) is 0 Å². The molecule has 0 spiro atoms. The second-order valence-corrected chi connectivity index (χ2v) is 8.23. The number of nitrogens with one attached hydrogen (secondary N) is 1. The number of amides is 1. The highest BCUT2D eigenvalue weighted by Gasteiger charge is 2.16. The minimum absolute atomic E-state index is 0.164. The number of benzene rings is 2. The Balaban J connectivity index is 1.57. The predicted molar refractivity (Wildman–Crippen MR) is 108 cm³/mol. The van der Waals surface area contributed by atoms with E-state index in [0.717, 1.165) is 28.4 Å². The van der Waals surface area contributed by atoms with Gasteiger partial charge in [0.1, 0.15) is 5.82 Å². The minimum atomic E-state index is -0.473. The van der Waals surface area contributed by atoms with Crippen molar-refractivity contribution < 1.29 is 9.18 Å². The first-order chi connectivity index (χ1) is 12.6. The molecule has 1 aliphatic rings. The molecule has 7 heteroatoms. The molecule has 3 aromatic rings. The SMILES string of the molecule is O=C(Nc1ccc(Br)cc1F)c1ccc2nc(N3CCCCC3)sc2c1. The normalized spacial score (nSPS) is 14.6. The van der Waals surface area contributed by atoms with Gasteiger partial charge in [-0.2, -0.15) is 0 Å². The molecule has 1 saturated heterocycles. The molecule has 0 unspecified atom stereocenters. The lowest BCUT2D eigenvalue weighted by Gasteiger charge is -2.25. The number of halogens is 2. The monoisotopic (exact) mass is 433 g/mol. The average Bonchev–Trinajstić information content (AvgIpc) is 3.08. The zero-order valence-electron chi connectivity index (χ0n) is 14.0. The highest BCUT2D eigenvalue weighted by molar-refractivity contribution is 9.10. The number of anilines is 2. The summed E-state index contributed by atoms with van der Waals surface area (Å²) in [5.41, 5.74) is 1.55. The maximum Gasteiger partial charge on any atom is 0.255 e. The highest BCUT2D eigenvalue weighted by Crippen LogP contribution is 2.31. The van der Waals surface area contributed by atoms with Crippen LogP contribution in [0.5, 0.6) is 0 Å². The lowest BCUT2D eigenvalue weighted by molar-refractivity contribution is 0.102. The number of thiazole rings is 1. The van der Waals surface area contributed by atoms with Crippen LogP contribution in [0.2, 0.25) is 0 Å². The molecule has 0 radical (unpaired) electrons. The molecule has 4 rings (SSSR count). The third-order valence-electron chi connectivity index (χ3n) is 4.45. The van der Waals surface area contributed by atoms with Gasteiger partial charge in [0.15, 0.2) is 5.13 Å². The first-order valence-corrected chi connectivity index (χ1v) is 10.1. The molecule has 26 heavy (non-hydrogen) atoms. The summed E-state index contributed by atoms with van der Waals surface area (Å²) in [4.78, 5) is 19.5. The van der Waals surface area contributed by atoms with Gasteiger partial charge in [-0.25, -0.2) is 9.37 Å². The summed E-state index contributed by atoms with van der Waals surface area (Å²) in [6.07, 6.45) is 3.67. The zero-order valence-corrected chi connectivity index (χ0v) is 16.4. The van der Waals surface area contributed by atoms with Crippen molar-refractivity contribution in [1.82, 2.24) is 4.98 Å². The third-order valence-corrected chi connectivity index (χ3v) is 6.02. The Kier molecular flexibility index (Phi) is 4.91. The van der Waals surface area contributed by atoms with Gasteiger partial charge in [-0.1, -0.05) is 27.3 Å². The largest absolute Gasteiger partial charge is 0.348 e. The first kappa shape index (κ1) is 17.4. The van der Waals surface area contributed by atoms with E-state index in [4.69, 9.17) is 4.98 Å². The van der Waals surface area contributed by atoms with E-state index in [1.165, 1.54) is 31.4 Å². The number of aromatic nitrogens is 1. The van der Waals surface area contributed by atoms with Crippen molar-refractivity contribution in [1.29, 1.82) is 0 Å². The zero-order chi connectivity index (χ0) is 18.1. The molecule has 1 amide bonds. The smallest absolute Gasteiger partial charge is 0.255 e. The van der Waals surface area contributed by atoms with Gasteiger partial charge in [0.25, 0.3) is 5.91 Å². The fourth-order valence-corrected chi connectivity index (χ4v) is 4.45. The number of piperidine rings is 1. The Morgan fingerprint density at radius 3 is 2.73 bits per heavy atom. The van der Waals surface area contributed by atoms with E-state index < -0.39 is 5.82 Å². The van der Waals surface area contributed by atoms with Crippen molar-refractivity contribution in [2.45, 2.75) is 19.3 Å². The van der Waals surface area contributed by atoms with Crippen LogP contribution in [0, 0.1) is 5.82 Å². The van der Waals surface area contributed by atoms with E-state index in [1.54, 1.807) is 23.5 Å². The van der Waals surface area contributed by atoms with Gasteiger partial charge < -0.3 is 10.2 Å². The average molecular weight is 434 g/mol. The van der Waals surface area contributed by atoms with Gasteiger partial charge in [-0.15, -0.1) is 0 Å². The summed E-state index contributed by atoms with van der Waals surface area (Å²) in [6, 6.07) is 9.96. The van der Waals surface area contributed by atoms with E-state index in [1.807, 2.05) is 12.1 Å². The van der Waals surface area contributed by atoms with E-state index in [9.17, 15) is 9.18 Å². The lowest BCUT2D eigenvalue weighted by atomic mass is 10.1. The standard InChI is InChI=1S/C19H17BrFN3OS/c20-13-5-7-15(14(21)11-13)22-18(25)12-4-6-16-17(10-12)26-19(23-16)24-8-2-1-3-9-24/h4-7,10-11H,1-3,8-9H2,(H,22,25). The van der Waals surface area contributed by atoms with E-state index in [2.05, 4.69) is 26.1 Å². The quantitative estimate of drug-likeness (QED) is 0.597. The molecule has 0 aliphatic carbocycles. The van der Waals surface area contributed by atoms with Crippen LogP contribution in [0.15, 0.2) is 40.9 Å². The Labute approximate surface area is 163 Å². The Hall–Kier alpha value is -1.99. The summed E-state index contributed by atoms with van der Waals surface area (Å²) in [5.74, 6) is -0.806. The minimum Gasteiger partial charge on any atom is -0.348 e. The molecule has 0 atom stereocenters. The molecule has 0 bridgehead atoms. The number of rotatable bonds is 3. The number of carbonyl (C=O) groups is 1. The summed E-state index contributed by atoms with van der Waals surface area (Å²) in [7, 11) is 0. The number of nitrogens with zero attached hydrogens (tertiary/aromatic N) is 2. The Bertz CT molecular complexity index is 969. The van der Waals surface area contributed by atoms with Gasteiger partial charge >= 0.3 is 0 Å². The highest BCUT2D eigenvalue weighted by atomic mass is 79.9. The summed E-state index contributed by atoms with van der Waals surface area (Å²) >= 11 is 4.81. The van der Waals surface area contributed by atoms with Crippen molar-refractivity contribution in [2.24, 2.45) is 0 Å². The molecular formula is C19H17BrFN3OS. The Morgan fingerprint density at radius 1 is 1.15 bits per heavy atom. The molecule has 0 saturated carbocycles. The van der Waals surface area contributed by atoms with Crippen LogP contribution in [-0.4, -0.2) is 24.0 Å². The maximum absolute atomic E-state index is 13.9. The summed E-state index contributed by atoms with van der Waals surface area (Å²) < 4.78 is 15.5. The van der Waals surface area contributed by atoms with Crippen LogP contribution >= 0.6 is 27.3 Å². The number of carbonyl (C=O) groups excluding carboxylic acids is 1. The van der Waals surface area contributed by atoms with E-state index in [0.29, 0.717) is 10.0 Å². The van der Waals surface area contributed by atoms with E-state index in [-0.39, 0.29) is 11.6 Å². The van der Waals surface area contributed by atoms with Crippen LogP contribution in [0.3, 0.4) is 0 Å². The maximum atomic E-state index is 13.9. The van der Waals surface area contributed by atoms with Crippen LogP contribution in [0.25, 0.3) is 10.2 Å². The van der Waals surface area contributed by atoms with Gasteiger partial charge in [-0.05, 0) is 55.7 Å². The molecule has 1 aromatic heterocycles. The molecule has 134 valence electrons. The van der Waals surface area contributed by atoms with Crippen molar-refractivity contribution in [3.05, 3.63) is 52.3 Å². The molecule has 1 fully saturated rings. The number of hydrogen-bond acceptors (Lipinski definition) is 4. The van der Waals surface area contributed by atoms with Gasteiger partial charge in [0, 0.05) is 23.1 Å².